The predicted molar refractivity (Wildman–Crippen MR) is 93.5 cm³/mol. The number of carbonyl (C=O) groups is 1. The molecule has 24 heavy (non-hydrogen) atoms. The molecule has 0 saturated heterocycles. The Bertz CT molecular complexity index is 640. The van der Waals surface area contributed by atoms with E-state index in [1.807, 2.05) is 12.1 Å². The van der Waals surface area contributed by atoms with E-state index in [4.69, 9.17) is 0 Å². The van der Waals surface area contributed by atoms with Gasteiger partial charge in [-0.2, -0.15) is 0 Å². The third-order valence-electron chi connectivity index (χ3n) is 3.93. The second-order valence-electron chi connectivity index (χ2n) is 6.98. The van der Waals surface area contributed by atoms with Crippen molar-refractivity contribution in [1.29, 1.82) is 0 Å². The summed E-state index contributed by atoms with van der Waals surface area (Å²) in [5.41, 5.74) is 1.89. The molecule has 5 heteroatoms. The van der Waals surface area contributed by atoms with Gasteiger partial charge in [0.15, 0.2) is 0 Å². The Balaban J connectivity index is 2.01. The molecule has 1 aliphatic carbocycles. The van der Waals surface area contributed by atoms with Crippen molar-refractivity contribution in [3.8, 4) is 0 Å². The Labute approximate surface area is 142 Å². The number of hydrogen-bond donors (Lipinski definition) is 4. The molecule has 1 fully saturated rings. The standard InChI is InChI=1S/C19H25NO4/c1-12-14(8-16(21)10-17(12)22)9-18(23)20-15-6-4-13(5-7-15)11-19(2,3)24/h4-7,9,16-17,21-22,24H,1,8,10-11H2,2-3H3,(H,20,23)/b14-9-/t16-,17+/m1/s1. The zero-order valence-electron chi connectivity index (χ0n) is 14.1. The van der Waals surface area contributed by atoms with E-state index in [-0.39, 0.29) is 12.3 Å². The molecule has 2 rings (SSSR count). The average molecular weight is 331 g/mol. The van der Waals surface area contributed by atoms with Gasteiger partial charge in [-0.05, 0) is 49.1 Å². The first-order chi connectivity index (χ1) is 11.1. The number of amides is 1. The highest BCUT2D eigenvalue weighted by atomic mass is 16.3. The molecule has 0 aliphatic heterocycles. The summed E-state index contributed by atoms with van der Waals surface area (Å²) in [7, 11) is 0. The molecule has 0 unspecified atom stereocenters. The quantitative estimate of drug-likeness (QED) is 0.635. The summed E-state index contributed by atoms with van der Waals surface area (Å²) in [5, 5.41) is 32.0. The van der Waals surface area contributed by atoms with Crippen molar-refractivity contribution in [3.05, 3.63) is 53.6 Å². The van der Waals surface area contributed by atoms with Crippen LogP contribution in [-0.2, 0) is 11.2 Å². The molecule has 2 atom stereocenters. The van der Waals surface area contributed by atoms with E-state index in [1.165, 1.54) is 6.08 Å². The van der Waals surface area contributed by atoms with Crippen LogP contribution in [0, 0.1) is 0 Å². The Morgan fingerprint density at radius 2 is 1.96 bits per heavy atom. The van der Waals surface area contributed by atoms with Crippen LogP contribution in [0.1, 0.15) is 32.3 Å². The van der Waals surface area contributed by atoms with E-state index in [2.05, 4.69) is 11.9 Å². The minimum absolute atomic E-state index is 0.250. The second-order valence-corrected chi connectivity index (χ2v) is 6.98. The smallest absolute Gasteiger partial charge is 0.248 e. The summed E-state index contributed by atoms with van der Waals surface area (Å²) in [5.74, 6) is -0.331. The molecule has 1 aromatic carbocycles. The van der Waals surface area contributed by atoms with Crippen LogP contribution in [0.2, 0.25) is 0 Å². The van der Waals surface area contributed by atoms with Crippen LogP contribution in [0.5, 0.6) is 0 Å². The number of rotatable bonds is 4. The highest BCUT2D eigenvalue weighted by molar-refractivity contribution is 6.00. The maximum atomic E-state index is 12.1. The van der Waals surface area contributed by atoms with Gasteiger partial charge in [0.2, 0.25) is 5.91 Å². The summed E-state index contributed by atoms with van der Waals surface area (Å²) >= 11 is 0. The minimum atomic E-state index is -0.811. The number of nitrogens with one attached hydrogen (secondary N) is 1. The molecule has 0 spiro atoms. The molecule has 1 aliphatic rings. The van der Waals surface area contributed by atoms with Crippen LogP contribution in [0.4, 0.5) is 5.69 Å². The van der Waals surface area contributed by atoms with Gasteiger partial charge in [-0.15, -0.1) is 0 Å². The van der Waals surface area contributed by atoms with Gasteiger partial charge in [-0.1, -0.05) is 18.7 Å². The lowest BCUT2D eigenvalue weighted by Crippen LogP contribution is -2.27. The minimum Gasteiger partial charge on any atom is -0.393 e. The van der Waals surface area contributed by atoms with Gasteiger partial charge in [-0.3, -0.25) is 4.79 Å². The third kappa shape index (κ3) is 5.30. The molecule has 0 radical (unpaired) electrons. The lowest BCUT2D eigenvalue weighted by molar-refractivity contribution is -0.112. The highest BCUT2D eigenvalue weighted by Crippen LogP contribution is 2.28. The lowest BCUT2D eigenvalue weighted by atomic mass is 9.86. The van der Waals surface area contributed by atoms with E-state index in [1.54, 1.807) is 26.0 Å². The first-order valence-electron chi connectivity index (χ1n) is 8.02. The summed E-state index contributed by atoms with van der Waals surface area (Å²) in [6.07, 6.45) is 0.994. The Morgan fingerprint density at radius 1 is 1.33 bits per heavy atom. The molecule has 1 aromatic rings. The van der Waals surface area contributed by atoms with Crippen molar-refractivity contribution < 1.29 is 20.1 Å². The summed E-state index contributed by atoms with van der Waals surface area (Å²) in [6, 6.07) is 7.26. The summed E-state index contributed by atoms with van der Waals surface area (Å²) in [4.78, 5) is 12.1. The number of aliphatic hydroxyl groups is 3. The molecular formula is C19H25NO4. The SMILES string of the molecule is C=C1/C(=C\C(=O)Nc2ccc(CC(C)(C)O)cc2)C[C@@H](O)C[C@@H]1O. The van der Waals surface area contributed by atoms with Crippen molar-refractivity contribution in [2.75, 3.05) is 5.32 Å². The normalized spacial score (nSPS) is 23.4. The molecule has 4 N–H and O–H groups in total. The number of anilines is 1. The van der Waals surface area contributed by atoms with Gasteiger partial charge >= 0.3 is 0 Å². The summed E-state index contributed by atoms with van der Waals surface area (Å²) in [6.45, 7) is 7.27. The van der Waals surface area contributed by atoms with E-state index in [0.717, 1.165) is 5.56 Å². The van der Waals surface area contributed by atoms with Gasteiger partial charge in [0.1, 0.15) is 0 Å². The molecule has 1 saturated carbocycles. The number of benzene rings is 1. The van der Waals surface area contributed by atoms with Crippen LogP contribution >= 0.6 is 0 Å². The van der Waals surface area contributed by atoms with Crippen LogP contribution < -0.4 is 5.32 Å². The average Bonchev–Trinajstić information content (AvgIpc) is 2.45. The van der Waals surface area contributed by atoms with E-state index < -0.39 is 17.8 Å². The highest BCUT2D eigenvalue weighted by Gasteiger charge is 2.25. The fourth-order valence-electron chi connectivity index (χ4n) is 2.78. The van der Waals surface area contributed by atoms with Gasteiger partial charge < -0.3 is 20.6 Å². The van der Waals surface area contributed by atoms with Crippen molar-refractivity contribution in [3.63, 3.8) is 0 Å². The van der Waals surface area contributed by atoms with Gasteiger partial charge in [0.05, 0.1) is 17.8 Å². The van der Waals surface area contributed by atoms with Crippen LogP contribution in [0.3, 0.4) is 0 Å². The summed E-state index contributed by atoms with van der Waals surface area (Å²) < 4.78 is 0. The number of carbonyl (C=O) groups excluding carboxylic acids is 1. The van der Waals surface area contributed by atoms with Crippen LogP contribution in [0.25, 0.3) is 0 Å². The molecule has 0 aromatic heterocycles. The fraction of sp³-hybridized carbons (Fsp3) is 0.421. The van der Waals surface area contributed by atoms with Crippen molar-refractivity contribution in [1.82, 2.24) is 0 Å². The first-order valence-corrected chi connectivity index (χ1v) is 8.02. The van der Waals surface area contributed by atoms with Crippen LogP contribution in [-0.4, -0.2) is 39.0 Å². The second kappa shape index (κ2) is 7.30. The predicted octanol–water partition coefficient (Wildman–Crippen LogP) is 1.94. The van der Waals surface area contributed by atoms with Crippen molar-refractivity contribution in [2.45, 2.75) is 50.9 Å². The first kappa shape index (κ1) is 18.4. The molecule has 0 bridgehead atoms. The van der Waals surface area contributed by atoms with Gasteiger partial charge in [0, 0.05) is 24.6 Å². The largest absolute Gasteiger partial charge is 0.393 e. The van der Waals surface area contributed by atoms with Gasteiger partial charge in [-0.25, -0.2) is 0 Å². The van der Waals surface area contributed by atoms with Crippen molar-refractivity contribution in [2.24, 2.45) is 0 Å². The Morgan fingerprint density at radius 3 is 2.54 bits per heavy atom. The zero-order chi connectivity index (χ0) is 17.9. The number of hydrogen-bond acceptors (Lipinski definition) is 4. The van der Waals surface area contributed by atoms with Gasteiger partial charge in [0.25, 0.3) is 0 Å². The maximum absolute atomic E-state index is 12.1. The molecule has 5 nitrogen and oxygen atoms in total. The van der Waals surface area contributed by atoms with E-state index in [9.17, 15) is 20.1 Å². The molecule has 1 amide bonds. The monoisotopic (exact) mass is 331 g/mol. The van der Waals surface area contributed by atoms with E-state index >= 15 is 0 Å². The third-order valence-corrected chi connectivity index (χ3v) is 3.93. The lowest BCUT2D eigenvalue weighted by Gasteiger charge is -2.26. The maximum Gasteiger partial charge on any atom is 0.248 e. The molecule has 0 heterocycles. The van der Waals surface area contributed by atoms with Crippen molar-refractivity contribution >= 4 is 11.6 Å². The Kier molecular flexibility index (Phi) is 5.59. The molecular weight excluding hydrogens is 306 g/mol. The fourth-order valence-corrected chi connectivity index (χ4v) is 2.78. The van der Waals surface area contributed by atoms with Crippen LogP contribution in [0.15, 0.2) is 48.1 Å². The Hall–Kier alpha value is -1.95. The zero-order valence-corrected chi connectivity index (χ0v) is 14.1. The van der Waals surface area contributed by atoms with E-state index in [0.29, 0.717) is 29.7 Å². The topological polar surface area (TPSA) is 89.8 Å². The molecule has 130 valence electrons. The number of aliphatic hydroxyl groups excluding tert-OH is 2.